The molecule has 0 saturated carbocycles. The number of aliphatic hydroxyl groups is 1. The van der Waals surface area contributed by atoms with E-state index in [1.165, 1.54) is 4.90 Å². The van der Waals surface area contributed by atoms with Crippen molar-refractivity contribution < 1.29 is 5.11 Å². The third kappa shape index (κ3) is 4.30. The van der Waals surface area contributed by atoms with Crippen LogP contribution in [0.25, 0.3) is 0 Å². The van der Waals surface area contributed by atoms with E-state index in [0.717, 1.165) is 5.56 Å². The van der Waals surface area contributed by atoms with Crippen LogP contribution in [0.5, 0.6) is 0 Å². The summed E-state index contributed by atoms with van der Waals surface area (Å²) in [6, 6.07) is 8.34. The molecule has 0 aromatic heterocycles. The zero-order valence-electron chi connectivity index (χ0n) is 12.0. The minimum atomic E-state index is -0.451. The summed E-state index contributed by atoms with van der Waals surface area (Å²) < 4.78 is 0. The second-order valence-corrected chi connectivity index (χ2v) is 6.89. The number of hydrogen-bond donors (Lipinski definition) is 2. The first-order valence-corrected chi connectivity index (χ1v) is 7.45. The Hall–Kier alpha value is -0.510. The van der Waals surface area contributed by atoms with Crippen LogP contribution < -0.4 is 5.32 Å². The van der Waals surface area contributed by atoms with Crippen molar-refractivity contribution in [1.29, 1.82) is 0 Å². The molecule has 0 saturated heterocycles. The van der Waals surface area contributed by atoms with Crippen LogP contribution in [0.2, 0.25) is 0 Å². The molecule has 0 heterocycles. The molecule has 0 spiro atoms. The van der Waals surface area contributed by atoms with Gasteiger partial charge in [0.05, 0.1) is 6.10 Å². The van der Waals surface area contributed by atoms with Crippen molar-refractivity contribution in [2.45, 2.75) is 50.0 Å². The Balaban J connectivity index is 2.77. The van der Waals surface area contributed by atoms with E-state index >= 15 is 0 Å². The summed E-state index contributed by atoms with van der Waals surface area (Å²) in [6.07, 6.45) is -0.451. The molecule has 2 unspecified atom stereocenters. The zero-order chi connectivity index (χ0) is 13.7. The average molecular weight is 267 g/mol. The first kappa shape index (κ1) is 15.5. The van der Waals surface area contributed by atoms with Crippen LogP contribution in [0.3, 0.4) is 0 Å². The van der Waals surface area contributed by atoms with Gasteiger partial charge in [-0.1, -0.05) is 39.8 Å². The molecular formula is C15H25NOS. The van der Waals surface area contributed by atoms with Crippen molar-refractivity contribution in [3.63, 3.8) is 0 Å². The van der Waals surface area contributed by atoms with Gasteiger partial charge in [0.1, 0.15) is 0 Å². The Morgan fingerprint density at radius 2 is 1.61 bits per heavy atom. The Morgan fingerprint density at radius 3 is 2.00 bits per heavy atom. The molecular weight excluding hydrogens is 242 g/mol. The smallest absolute Gasteiger partial charge is 0.0945 e. The Labute approximate surface area is 115 Å². The van der Waals surface area contributed by atoms with Crippen molar-refractivity contribution in [2.75, 3.05) is 7.05 Å². The molecule has 0 fully saturated rings. The monoisotopic (exact) mass is 267 g/mol. The quantitative estimate of drug-likeness (QED) is 0.774. The molecule has 0 bridgehead atoms. The lowest BCUT2D eigenvalue weighted by Crippen LogP contribution is -2.36. The predicted octanol–water partition coefficient (Wildman–Crippen LogP) is 3.46. The van der Waals surface area contributed by atoms with E-state index in [4.69, 9.17) is 0 Å². The zero-order valence-corrected chi connectivity index (χ0v) is 12.8. The molecule has 1 aromatic carbocycles. The fourth-order valence-electron chi connectivity index (χ4n) is 2.08. The summed E-state index contributed by atoms with van der Waals surface area (Å²) in [6.45, 7) is 8.60. The lowest BCUT2D eigenvalue weighted by molar-refractivity contribution is 0.110. The molecule has 0 aliphatic heterocycles. The lowest BCUT2D eigenvalue weighted by atomic mass is 9.94. The van der Waals surface area contributed by atoms with Gasteiger partial charge >= 0.3 is 0 Å². The Kier molecular flexibility index (Phi) is 6.19. The van der Waals surface area contributed by atoms with E-state index in [9.17, 15) is 5.11 Å². The number of aliphatic hydroxyl groups excluding tert-OH is 1. The Bertz CT molecular complexity index is 348. The van der Waals surface area contributed by atoms with Crippen LogP contribution >= 0.6 is 11.8 Å². The second-order valence-electron chi connectivity index (χ2n) is 5.24. The standard InChI is InChI=1S/C15H25NOS/c1-10(2)14(16-5)15(17)12-6-8-13(9-7-12)18-11(3)4/h6-11,14-17H,1-5H3. The minimum Gasteiger partial charge on any atom is -0.387 e. The van der Waals surface area contributed by atoms with Crippen molar-refractivity contribution in [1.82, 2.24) is 5.32 Å². The SMILES string of the molecule is CNC(C(C)C)C(O)c1ccc(SC(C)C)cc1. The fraction of sp³-hybridized carbons (Fsp3) is 0.600. The van der Waals surface area contributed by atoms with Gasteiger partial charge in [-0.15, -0.1) is 11.8 Å². The number of rotatable bonds is 6. The summed E-state index contributed by atoms with van der Waals surface area (Å²) in [4.78, 5) is 1.26. The van der Waals surface area contributed by atoms with Gasteiger partial charge in [-0.25, -0.2) is 0 Å². The van der Waals surface area contributed by atoms with E-state index in [1.54, 1.807) is 0 Å². The largest absolute Gasteiger partial charge is 0.387 e. The Morgan fingerprint density at radius 1 is 1.06 bits per heavy atom. The summed E-state index contributed by atoms with van der Waals surface area (Å²) >= 11 is 1.84. The normalized spacial score (nSPS) is 15.1. The number of benzene rings is 1. The highest BCUT2D eigenvalue weighted by atomic mass is 32.2. The third-order valence-corrected chi connectivity index (χ3v) is 4.00. The maximum atomic E-state index is 10.4. The molecule has 102 valence electrons. The van der Waals surface area contributed by atoms with Crippen LogP contribution in [0.15, 0.2) is 29.2 Å². The highest BCUT2D eigenvalue weighted by Crippen LogP contribution is 2.26. The molecule has 2 N–H and O–H groups in total. The molecule has 0 amide bonds. The minimum absolute atomic E-state index is 0.0913. The van der Waals surface area contributed by atoms with Crippen LogP contribution in [0, 0.1) is 5.92 Å². The number of likely N-dealkylation sites (N-methyl/N-ethyl adjacent to an activating group) is 1. The highest BCUT2D eigenvalue weighted by molar-refractivity contribution is 7.99. The number of thioether (sulfide) groups is 1. The van der Waals surface area contributed by atoms with Gasteiger partial charge in [0, 0.05) is 16.2 Å². The summed E-state index contributed by atoms with van der Waals surface area (Å²) in [7, 11) is 1.90. The fourth-order valence-corrected chi connectivity index (χ4v) is 2.92. The number of nitrogens with one attached hydrogen (secondary N) is 1. The average Bonchev–Trinajstić information content (AvgIpc) is 2.29. The van der Waals surface area contributed by atoms with Gasteiger partial charge in [-0.3, -0.25) is 0 Å². The van der Waals surface area contributed by atoms with Crippen molar-refractivity contribution in [3.8, 4) is 0 Å². The molecule has 2 nitrogen and oxygen atoms in total. The molecule has 0 aliphatic rings. The van der Waals surface area contributed by atoms with Crippen molar-refractivity contribution in [2.24, 2.45) is 5.92 Å². The lowest BCUT2D eigenvalue weighted by Gasteiger charge is -2.26. The van der Waals surface area contributed by atoms with Gasteiger partial charge in [0.25, 0.3) is 0 Å². The summed E-state index contributed by atoms with van der Waals surface area (Å²) in [5.41, 5.74) is 0.983. The maximum absolute atomic E-state index is 10.4. The van der Waals surface area contributed by atoms with Gasteiger partial charge in [0.2, 0.25) is 0 Å². The van der Waals surface area contributed by atoms with Crippen LogP contribution in [-0.2, 0) is 0 Å². The van der Waals surface area contributed by atoms with Gasteiger partial charge in [0.15, 0.2) is 0 Å². The molecule has 1 aromatic rings. The molecule has 1 rings (SSSR count). The van der Waals surface area contributed by atoms with E-state index in [1.807, 2.05) is 30.9 Å². The van der Waals surface area contributed by atoms with Gasteiger partial charge in [-0.05, 0) is 30.7 Å². The van der Waals surface area contributed by atoms with E-state index in [-0.39, 0.29) is 6.04 Å². The topological polar surface area (TPSA) is 32.3 Å². The number of hydrogen-bond acceptors (Lipinski definition) is 3. The molecule has 18 heavy (non-hydrogen) atoms. The molecule has 2 atom stereocenters. The van der Waals surface area contributed by atoms with Crippen molar-refractivity contribution in [3.05, 3.63) is 29.8 Å². The van der Waals surface area contributed by atoms with Crippen LogP contribution in [0.4, 0.5) is 0 Å². The molecule has 3 heteroatoms. The molecule has 0 aliphatic carbocycles. The highest BCUT2D eigenvalue weighted by Gasteiger charge is 2.22. The van der Waals surface area contributed by atoms with Gasteiger partial charge < -0.3 is 10.4 Å². The van der Waals surface area contributed by atoms with Crippen LogP contribution in [0.1, 0.15) is 39.4 Å². The first-order valence-electron chi connectivity index (χ1n) is 6.57. The third-order valence-electron chi connectivity index (χ3n) is 2.99. The van der Waals surface area contributed by atoms with Crippen LogP contribution in [-0.4, -0.2) is 23.4 Å². The maximum Gasteiger partial charge on any atom is 0.0945 e. The first-order chi connectivity index (χ1) is 8.45. The summed E-state index contributed by atoms with van der Waals surface area (Å²) in [5, 5.41) is 14.1. The van der Waals surface area contributed by atoms with Gasteiger partial charge in [-0.2, -0.15) is 0 Å². The molecule has 0 radical (unpaired) electrons. The van der Waals surface area contributed by atoms with E-state index in [0.29, 0.717) is 11.2 Å². The van der Waals surface area contributed by atoms with Crippen molar-refractivity contribution >= 4 is 11.8 Å². The summed E-state index contributed by atoms with van der Waals surface area (Å²) in [5.74, 6) is 0.398. The predicted molar refractivity (Wildman–Crippen MR) is 80.1 cm³/mol. The van der Waals surface area contributed by atoms with E-state index in [2.05, 4.69) is 45.1 Å². The second kappa shape index (κ2) is 7.17. The van der Waals surface area contributed by atoms with E-state index < -0.39 is 6.10 Å².